The van der Waals surface area contributed by atoms with Gasteiger partial charge < -0.3 is 0 Å². The Hall–Kier alpha value is -0.890. The van der Waals surface area contributed by atoms with Crippen molar-refractivity contribution in [3.05, 3.63) is 35.1 Å². The molecule has 1 saturated heterocycles. The molecule has 2 rings (SSSR count). The van der Waals surface area contributed by atoms with Crippen LogP contribution in [0.25, 0.3) is 0 Å². The van der Waals surface area contributed by atoms with Crippen molar-refractivity contribution in [1.29, 1.82) is 0 Å². The molecule has 0 N–H and O–H groups in total. The van der Waals surface area contributed by atoms with E-state index in [2.05, 4.69) is 31.7 Å². The van der Waals surface area contributed by atoms with Gasteiger partial charge in [0.25, 0.3) is 0 Å². The van der Waals surface area contributed by atoms with E-state index in [1.165, 1.54) is 25.7 Å². The maximum atomic E-state index is 14.2. The third-order valence-electron chi connectivity index (χ3n) is 3.94. The van der Waals surface area contributed by atoms with Crippen LogP contribution < -0.4 is 0 Å². The topological polar surface area (TPSA) is 3.24 Å². The zero-order valence-corrected chi connectivity index (χ0v) is 13.2. The predicted molar refractivity (Wildman–Crippen MR) is 83.3 cm³/mol. The molecular weight excluding hydrogens is 249 g/mol. The van der Waals surface area contributed by atoms with Gasteiger partial charge in [0.2, 0.25) is 0 Å². The molecule has 1 aliphatic rings. The fourth-order valence-electron chi connectivity index (χ4n) is 2.96. The van der Waals surface area contributed by atoms with E-state index in [1.54, 1.807) is 6.07 Å². The molecular formula is C18H28FN. The van der Waals surface area contributed by atoms with Crippen LogP contribution in [-0.2, 0) is 13.0 Å². The number of hydrogen-bond donors (Lipinski definition) is 0. The highest BCUT2D eigenvalue weighted by Crippen LogP contribution is 2.23. The summed E-state index contributed by atoms with van der Waals surface area (Å²) in [5, 5.41) is 0. The van der Waals surface area contributed by atoms with Crippen LogP contribution in [0, 0.1) is 11.2 Å². The monoisotopic (exact) mass is 277 g/mol. The molecule has 0 aromatic heterocycles. The molecule has 0 bridgehead atoms. The Kier molecular flexibility index (Phi) is 5.20. The van der Waals surface area contributed by atoms with Gasteiger partial charge in [-0.2, -0.15) is 0 Å². The van der Waals surface area contributed by atoms with Crippen molar-refractivity contribution in [2.45, 2.75) is 59.4 Å². The number of hydrogen-bond acceptors (Lipinski definition) is 1. The van der Waals surface area contributed by atoms with Gasteiger partial charge >= 0.3 is 0 Å². The van der Waals surface area contributed by atoms with Crippen molar-refractivity contribution in [1.82, 2.24) is 4.90 Å². The summed E-state index contributed by atoms with van der Waals surface area (Å²) < 4.78 is 14.2. The normalized spacial score (nSPS) is 18.0. The molecule has 1 aromatic carbocycles. The van der Waals surface area contributed by atoms with E-state index >= 15 is 0 Å². The molecule has 20 heavy (non-hydrogen) atoms. The SMILES string of the molecule is CC(C)(C)Cc1ccc(CN2CCCCCC2)cc1F. The lowest BCUT2D eigenvalue weighted by molar-refractivity contribution is 0.276. The molecule has 0 amide bonds. The number of likely N-dealkylation sites (tertiary alicyclic amines) is 1. The second kappa shape index (κ2) is 6.71. The van der Waals surface area contributed by atoms with Crippen LogP contribution in [0.1, 0.15) is 57.6 Å². The Morgan fingerprint density at radius 2 is 1.70 bits per heavy atom. The minimum atomic E-state index is -0.0350. The molecule has 0 saturated carbocycles. The molecule has 1 heterocycles. The summed E-state index contributed by atoms with van der Waals surface area (Å²) in [7, 11) is 0. The molecule has 0 aliphatic carbocycles. The van der Waals surface area contributed by atoms with Crippen molar-refractivity contribution < 1.29 is 4.39 Å². The van der Waals surface area contributed by atoms with E-state index in [-0.39, 0.29) is 11.2 Å². The van der Waals surface area contributed by atoms with Crippen molar-refractivity contribution in [2.24, 2.45) is 5.41 Å². The maximum Gasteiger partial charge on any atom is 0.126 e. The van der Waals surface area contributed by atoms with Crippen LogP contribution in [0.2, 0.25) is 0 Å². The van der Waals surface area contributed by atoms with Crippen LogP contribution in [0.15, 0.2) is 18.2 Å². The fraction of sp³-hybridized carbons (Fsp3) is 0.667. The van der Waals surface area contributed by atoms with Crippen LogP contribution in [-0.4, -0.2) is 18.0 Å². The summed E-state index contributed by atoms with van der Waals surface area (Å²) in [5.74, 6) is -0.0350. The van der Waals surface area contributed by atoms with E-state index in [9.17, 15) is 4.39 Å². The molecule has 1 fully saturated rings. The fourth-order valence-corrected chi connectivity index (χ4v) is 2.96. The van der Waals surface area contributed by atoms with Crippen molar-refractivity contribution >= 4 is 0 Å². The third-order valence-corrected chi connectivity index (χ3v) is 3.94. The van der Waals surface area contributed by atoms with E-state index < -0.39 is 0 Å². The molecule has 0 unspecified atom stereocenters. The summed E-state index contributed by atoms with van der Waals surface area (Å²) in [6, 6.07) is 5.83. The van der Waals surface area contributed by atoms with E-state index in [4.69, 9.17) is 0 Å². The predicted octanol–water partition coefficient (Wildman–Crippen LogP) is 4.79. The van der Waals surface area contributed by atoms with Crippen molar-refractivity contribution in [3.63, 3.8) is 0 Å². The van der Waals surface area contributed by atoms with Gasteiger partial charge in [0.15, 0.2) is 0 Å². The van der Waals surface area contributed by atoms with Gasteiger partial charge in [0.1, 0.15) is 5.82 Å². The molecule has 1 aromatic rings. The lowest BCUT2D eigenvalue weighted by Crippen LogP contribution is -2.24. The molecule has 0 radical (unpaired) electrons. The maximum absolute atomic E-state index is 14.2. The number of halogens is 1. The second-order valence-electron chi connectivity index (χ2n) is 7.35. The Labute approximate surface area is 123 Å². The van der Waals surface area contributed by atoms with E-state index in [0.717, 1.165) is 37.2 Å². The van der Waals surface area contributed by atoms with E-state index in [0.29, 0.717) is 0 Å². The Morgan fingerprint density at radius 3 is 2.25 bits per heavy atom. The average Bonchev–Trinajstić information content (AvgIpc) is 2.60. The lowest BCUT2D eigenvalue weighted by atomic mass is 9.87. The van der Waals surface area contributed by atoms with Gasteiger partial charge in [-0.3, -0.25) is 4.90 Å². The molecule has 1 nitrogen and oxygen atoms in total. The molecule has 0 spiro atoms. The van der Waals surface area contributed by atoms with Crippen molar-refractivity contribution in [3.8, 4) is 0 Å². The van der Waals surface area contributed by atoms with Crippen LogP contribution in [0.4, 0.5) is 4.39 Å². The van der Waals surface area contributed by atoms with Gasteiger partial charge in [0.05, 0.1) is 0 Å². The number of rotatable bonds is 3. The Bertz CT molecular complexity index is 426. The summed E-state index contributed by atoms with van der Waals surface area (Å²) in [6.07, 6.45) is 6.04. The summed E-state index contributed by atoms with van der Waals surface area (Å²) >= 11 is 0. The largest absolute Gasteiger partial charge is 0.299 e. The number of benzene rings is 1. The van der Waals surface area contributed by atoms with E-state index in [1.807, 2.05) is 6.07 Å². The highest BCUT2D eigenvalue weighted by atomic mass is 19.1. The average molecular weight is 277 g/mol. The minimum Gasteiger partial charge on any atom is -0.299 e. The van der Waals surface area contributed by atoms with Gasteiger partial charge in [0, 0.05) is 6.54 Å². The molecule has 1 aliphatic heterocycles. The smallest absolute Gasteiger partial charge is 0.126 e. The summed E-state index contributed by atoms with van der Waals surface area (Å²) in [5.41, 5.74) is 2.09. The first kappa shape index (κ1) is 15.5. The Morgan fingerprint density at radius 1 is 1.05 bits per heavy atom. The zero-order chi connectivity index (χ0) is 14.6. The van der Waals surface area contributed by atoms with Gasteiger partial charge in [-0.25, -0.2) is 4.39 Å². The highest BCUT2D eigenvalue weighted by Gasteiger charge is 2.15. The summed E-state index contributed by atoms with van der Waals surface area (Å²) in [6.45, 7) is 9.66. The zero-order valence-electron chi connectivity index (χ0n) is 13.2. The standard InChI is InChI=1S/C18H28FN/c1-18(2,3)13-16-9-8-15(12-17(16)19)14-20-10-6-4-5-7-11-20/h8-9,12H,4-7,10-11,13-14H2,1-3H3. The van der Waals surface area contributed by atoms with Gasteiger partial charge in [-0.1, -0.05) is 45.7 Å². The second-order valence-corrected chi connectivity index (χ2v) is 7.35. The molecule has 112 valence electrons. The van der Waals surface area contributed by atoms with Gasteiger partial charge in [-0.15, -0.1) is 0 Å². The Balaban J connectivity index is 2.01. The first-order chi connectivity index (χ1) is 9.44. The number of nitrogens with zero attached hydrogens (tertiary/aromatic N) is 1. The highest BCUT2D eigenvalue weighted by molar-refractivity contribution is 5.25. The quantitative estimate of drug-likeness (QED) is 0.767. The molecule has 0 atom stereocenters. The first-order valence-electron chi connectivity index (χ1n) is 7.94. The van der Waals surface area contributed by atoms with Crippen LogP contribution >= 0.6 is 0 Å². The van der Waals surface area contributed by atoms with Crippen LogP contribution in [0.3, 0.4) is 0 Å². The minimum absolute atomic E-state index is 0.0350. The van der Waals surface area contributed by atoms with Crippen molar-refractivity contribution in [2.75, 3.05) is 13.1 Å². The molecule has 2 heteroatoms. The third kappa shape index (κ3) is 4.90. The first-order valence-corrected chi connectivity index (χ1v) is 7.94. The van der Waals surface area contributed by atoms with Gasteiger partial charge in [-0.05, 0) is 55.0 Å². The lowest BCUT2D eigenvalue weighted by Gasteiger charge is -2.21. The summed E-state index contributed by atoms with van der Waals surface area (Å²) in [4.78, 5) is 2.46. The van der Waals surface area contributed by atoms with Crippen LogP contribution in [0.5, 0.6) is 0 Å².